The third-order valence-corrected chi connectivity index (χ3v) is 6.47. The fourth-order valence-corrected chi connectivity index (χ4v) is 4.75. The number of hydroxylamine groups is 1. The van der Waals surface area contributed by atoms with Gasteiger partial charge in [0.15, 0.2) is 0 Å². The van der Waals surface area contributed by atoms with Crippen LogP contribution >= 0.6 is 0 Å². The van der Waals surface area contributed by atoms with Crippen LogP contribution < -0.4 is 10.8 Å². The first-order valence-corrected chi connectivity index (χ1v) is 10.4. The maximum absolute atomic E-state index is 13.2. The summed E-state index contributed by atoms with van der Waals surface area (Å²) < 4.78 is 32.3. The molecule has 29 heavy (non-hydrogen) atoms. The van der Waals surface area contributed by atoms with Crippen LogP contribution in [0, 0.1) is 0 Å². The maximum atomic E-state index is 13.2. The molecular weight excluding hydrogens is 398 g/mol. The van der Waals surface area contributed by atoms with Gasteiger partial charge in [0, 0.05) is 12.2 Å². The van der Waals surface area contributed by atoms with Gasteiger partial charge in [-0.3, -0.25) is 15.3 Å². The third-order valence-electron chi connectivity index (χ3n) is 4.60. The largest absolute Gasteiger partial charge is 0.450 e. The predicted octanol–water partition coefficient (Wildman–Crippen LogP) is 1.88. The molecule has 0 bridgehead atoms. The number of anilines is 1. The number of nitrogens with zero attached hydrogens (tertiary/aromatic N) is 1. The molecule has 1 aliphatic heterocycles. The molecule has 1 aliphatic rings. The SMILES string of the molecule is CCOC(=O)Nc1ccc(S(=O)(=O)N2Cc3ccccc3C[C@@H]2C(=O)NO)cc1. The highest BCUT2D eigenvalue weighted by Gasteiger charge is 2.39. The quantitative estimate of drug-likeness (QED) is 0.502. The molecule has 0 unspecified atom stereocenters. The highest BCUT2D eigenvalue weighted by molar-refractivity contribution is 7.89. The van der Waals surface area contributed by atoms with E-state index in [-0.39, 0.29) is 24.5 Å². The van der Waals surface area contributed by atoms with Gasteiger partial charge >= 0.3 is 6.09 Å². The second kappa shape index (κ2) is 8.60. The lowest BCUT2D eigenvalue weighted by Crippen LogP contribution is -2.51. The van der Waals surface area contributed by atoms with Gasteiger partial charge < -0.3 is 4.74 Å². The Labute approximate surface area is 168 Å². The lowest BCUT2D eigenvalue weighted by Gasteiger charge is -2.34. The summed E-state index contributed by atoms with van der Waals surface area (Å²) in [6.07, 6.45) is -0.500. The first-order valence-electron chi connectivity index (χ1n) is 8.93. The Hall–Kier alpha value is -2.95. The third kappa shape index (κ3) is 4.39. The molecule has 2 aromatic carbocycles. The number of rotatable bonds is 5. The summed E-state index contributed by atoms with van der Waals surface area (Å²) >= 11 is 0. The smallest absolute Gasteiger partial charge is 0.411 e. The zero-order chi connectivity index (χ0) is 21.0. The number of sulfonamides is 1. The van der Waals surface area contributed by atoms with Gasteiger partial charge in [-0.05, 0) is 48.7 Å². The summed E-state index contributed by atoms with van der Waals surface area (Å²) in [5.41, 5.74) is 3.57. The number of nitrogens with one attached hydrogen (secondary N) is 2. The van der Waals surface area contributed by atoms with E-state index in [2.05, 4.69) is 5.32 Å². The van der Waals surface area contributed by atoms with Crippen LogP contribution in [0.1, 0.15) is 18.1 Å². The van der Waals surface area contributed by atoms with Crippen molar-refractivity contribution in [3.63, 3.8) is 0 Å². The van der Waals surface area contributed by atoms with Gasteiger partial charge in [0.1, 0.15) is 6.04 Å². The van der Waals surface area contributed by atoms with E-state index in [1.807, 2.05) is 12.1 Å². The molecule has 154 valence electrons. The van der Waals surface area contributed by atoms with Crippen molar-refractivity contribution in [2.24, 2.45) is 0 Å². The van der Waals surface area contributed by atoms with Crippen molar-refractivity contribution >= 4 is 27.7 Å². The van der Waals surface area contributed by atoms with E-state index in [1.54, 1.807) is 24.5 Å². The summed E-state index contributed by atoms with van der Waals surface area (Å²) in [6, 6.07) is 11.7. The van der Waals surface area contributed by atoms with Crippen molar-refractivity contribution in [1.82, 2.24) is 9.79 Å². The highest BCUT2D eigenvalue weighted by Crippen LogP contribution is 2.29. The molecule has 0 aliphatic carbocycles. The van der Waals surface area contributed by atoms with Crippen molar-refractivity contribution in [3.8, 4) is 0 Å². The van der Waals surface area contributed by atoms with Gasteiger partial charge in [0.25, 0.3) is 5.91 Å². The molecule has 0 aromatic heterocycles. The van der Waals surface area contributed by atoms with Gasteiger partial charge in [-0.15, -0.1) is 0 Å². The lowest BCUT2D eigenvalue weighted by molar-refractivity contribution is -0.133. The number of carbonyl (C=O) groups is 2. The normalized spacial score (nSPS) is 16.6. The fourth-order valence-electron chi connectivity index (χ4n) is 3.18. The Kier molecular flexibility index (Phi) is 6.16. The maximum Gasteiger partial charge on any atom is 0.411 e. The number of carbonyl (C=O) groups excluding carboxylic acids is 2. The van der Waals surface area contributed by atoms with E-state index in [0.29, 0.717) is 5.69 Å². The summed E-state index contributed by atoms with van der Waals surface area (Å²) in [7, 11) is -4.05. The minimum Gasteiger partial charge on any atom is -0.450 e. The van der Waals surface area contributed by atoms with Crippen LogP contribution in [0.25, 0.3) is 0 Å². The average molecular weight is 419 g/mol. The van der Waals surface area contributed by atoms with Gasteiger partial charge in [-0.2, -0.15) is 4.31 Å². The fraction of sp³-hybridized carbons (Fsp3) is 0.263. The molecule has 2 amide bonds. The highest BCUT2D eigenvalue weighted by atomic mass is 32.2. The molecule has 3 N–H and O–H groups in total. The number of hydrogen-bond donors (Lipinski definition) is 3. The topological polar surface area (TPSA) is 125 Å². The van der Waals surface area contributed by atoms with Crippen molar-refractivity contribution in [2.75, 3.05) is 11.9 Å². The molecule has 9 nitrogen and oxygen atoms in total. The number of benzene rings is 2. The minimum absolute atomic E-state index is 0.000575. The van der Waals surface area contributed by atoms with Gasteiger partial charge in [-0.1, -0.05) is 24.3 Å². The summed E-state index contributed by atoms with van der Waals surface area (Å²) in [5.74, 6) is -0.802. The van der Waals surface area contributed by atoms with Crippen LogP contribution in [0.2, 0.25) is 0 Å². The van der Waals surface area contributed by atoms with Crippen LogP contribution in [0.4, 0.5) is 10.5 Å². The zero-order valence-electron chi connectivity index (χ0n) is 15.7. The molecule has 1 atom stereocenters. The van der Waals surface area contributed by atoms with Crippen LogP contribution in [0.5, 0.6) is 0 Å². The van der Waals surface area contributed by atoms with Crippen molar-refractivity contribution in [1.29, 1.82) is 0 Å². The number of fused-ring (bicyclic) bond motifs is 1. The molecule has 1 heterocycles. The molecule has 0 radical (unpaired) electrons. The van der Waals surface area contributed by atoms with Crippen molar-refractivity contribution in [3.05, 3.63) is 59.7 Å². The van der Waals surface area contributed by atoms with Crippen LogP contribution in [-0.4, -0.2) is 42.6 Å². The number of ether oxygens (including phenoxy) is 1. The summed E-state index contributed by atoms with van der Waals surface area (Å²) in [5, 5.41) is 11.6. The van der Waals surface area contributed by atoms with Gasteiger partial charge in [-0.25, -0.2) is 18.7 Å². The van der Waals surface area contributed by atoms with Gasteiger partial charge in [0.2, 0.25) is 10.0 Å². The molecule has 3 rings (SSSR count). The van der Waals surface area contributed by atoms with Crippen LogP contribution in [-0.2, 0) is 32.5 Å². The molecule has 0 saturated heterocycles. The monoisotopic (exact) mass is 419 g/mol. The van der Waals surface area contributed by atoms with E-state index in [9.17, 15) is 18.0 Å². The summed E-state index contributed by atoms with van der Waals surface area (Å²) in [4.78, 5) is 23.6. The van der Waals surface area contributed by atoms with E-state index >= 15 is 0 Å². The Morgan fingerprint density at radius 2 is 1.79 bits per heavy atom. The van der Waals surface area contributed by atoms with Gasteiger partial charge in [0.05, 0.1) is 11.5 Å². The van der Waals surface area contributed by atoms with E-state index in [0.717, 1.165) is 15.4 Å². The van der Waals surface area contributed by atoms with Crippen LogP contribution in [0.3, 0.4) is 0 Å². The second-order valence-electron chi connectivity index (χ2n) is 6.38. The number of hydrogen-bond acceptors (Lipinski definition) is 6. The first-order chi connectivity index (χ1) is 13.9. The molecule has 2 aromatic rings. The first kappa shape index (κ1) is 20.8. The van der Waals surface area contributed by atoms with Crippen molar-refractivity contribution < 1.29 is 28.0 Å². The minimum atomic E-state index is -4.05. The average Bonchev–Trinajstić information content (AvgIpc) is 2.72. The van der Waals surface area contributed by atoms with E-state index in [4.69, 9.17) is 9.94 Å². The standard InChI is InChI=1S/C19H21N3O6S/c1-2-28-19(24)20-15-7-9-16(10-8-15)29(26,27)22-12-14-6-4-3-5-13(14)11-17(22)18(23)21-25/h3-10,17,25H,2,11-12H2,1H3,(H,20,24)(H,21,23)/t17-/m1/s1. The Bertz CT molecular complexity index is 1010. The van der Waals surface area contributed by atoms with E-state index < -0.39 is 28.1 Å². The Morgan fingerprint density at radius 3 is 2.41 bits per heavy atom. The molecule has 10 heteroatoms. The molecule has 0 saturated carbocycles. The Morgan fingerprint density at radius 1 is 1.14 bits per heavy atom. The molecule has 0 spiro atoms. The summed E-state index contributed by atoms with van der Waals surface area (Å²) in [6.45, 7) is 1.88. The van der Waals surface area contributed by atoms with Crippen LogP contribution in [0.15, 0.2) is 53.4 Å². The zero-order valence-corrected chi connectivity index (χ0v) is 16.5. The van der Waals surface area contributed by atoms with E-state index in [1.165, 1.54) is 24.3 Å². The number of amides is 2. The second-order valence-corrected chi connectivity index (χ2v) is 8.28. The molecular formula is C19H21N3O6S. The Balaban J connectivity index is 1.90. The lowest BCUT2D eigenvalue weighted by atomic mass is 9.95. The molecule has 0 fully saturated rings. The predicted molar refractivity (Wildman–Crippen MR) is 104 cm³/mol. The van der Waals surface area contributed by atoms with Crippen molar-refractivity contribution in [2.45, 2.75) is 30.8 Å².